The van der Waals surface area contributed by atoms with Crippen molar-refractivity contribution in [1.82, 2.24) is 5.43 Å². The number of hydrogen-bond acceptors (Lipinski definition) is 2. The topological polar surface area (TPSA) is 25.0 Å². The van der Waals surface area contributed by atoms with Gasteiger partial charge in [-0.3, -0.25) is 5.01 Å². The third-order valence-corrected chi connectivity index (χ3v) is 1.38. The van der Waals surface area contributed by atoms with E-state index in [0.717, 1.165) is 6.67 Å². The van der Waals surface area contributed by atoms with Crippen LogP contribution in [0.3, 0.4) is 0 Å². The molecule has 0 amide bonds. The van der Waals surface area contributed by atoms with E-state index in [0.29, 0.717) is 0 Å². The molecule has 2 heteroatoms. The average molecular weight is 150 g/mol. The van der Waals surface area contributed by atoms with Crippen LogP contribution in [0.4, 0.5) is 5.69 Å². The lowest BCUT2D eigenvalue weighted by atomic mass is 10.3. The smallest absolute Gasteiger partial charge is 0.101 e. The van der Waals surface area contributed by atoms with Gasteiger partial charge in [0.05, 0.1) is 5.69 Å². The average Bonchev–Trinajstić information content (AvgIpc) is 2.92. The standard InChI is InChI=1S/C7H8N2.C2H6/c1-2-4-7(5-3-1)9-6-8-9;1-2/h1-5,8H,6H2;1-2H3. The molecule has 2 nitrogen and oxygen atoms in total. The molecule has 1 aliphatic heterocycles. The number of para-hydroxylation sites is 1. The molecule has 0 spiro atoms. The third kappa shape index (κ3) is 2.24. The summed E-state index contributed by atoms with van der Waals surface area (Å²) < 4.78 is 0. The Hall–Kier alpha value is -1.02. The fourth-order valence-electron chi connectivity index (χ4n) is 0.826. The molecule has 1 fully saturated rings. The van der Waals surface area contributed by atoms with Gasteiger partial charge in [0.2, 0.25) is 0 Å². The maximum absolute atomic E-state index is 3.08. The molecule has 1 saturated heterocycles. The van der Waals surface area contributed by atoms with Crippen molar-refractivity contribution in [1.29, 1.82) is 0 Å². The van der Waals surface area contributed by atoms with Crippen molar-refractivity contribution in [2.24, 2.45) is 0 Å². The van der Waals surface area contributed by atoms with Crippen molar-refractivity contribution in [3.8, 4) is 0 Å². The predicted octanol–water partition coefficient (Wildman–Crippen LogP) is 1.99. The zero-order valence-corrected chi connectivity index (χ0v) is 7.04. The molecule has 1 aromatic rings. The van der Waals surface area contributed by atoms with Crippen LogP contribution in [0.25, 0.3) is 0 Å². The minimum absolute atomic E-state index is 0.990. The summed E-state index contributed by atoms with van der Waals surface area (Å²) >= 11 is 0. The van der Waals surface area contributed by atoms with Crippen LogP contribution in [0, 0.1) is 0 Å². The Morgan fingerprint density at radius 1 is 1.18 bits per heavy atom. The number of hydrogen-bond donors (Lipinski definition) is 1. The summed E-state index contributed by atoms with van der Waals surface area (Å²) in [6, 6.07) is 10.3. The molecule has 2 rings (SSSR count). The first-order valence-corrected chi connectivity index (χ1v) is 4.03. The van der Waals surface area contributed by atoms with Gasteiger partial charge in [0.25, 0.3) is 0 Å². The third-order valence-electron chi connectivity index (χ3n) is 1.38. The van der Waals surface area contributed by atoms with Crippen LogP contribution >= 0.6 is 0 Å². The fourth-order valence-corrected chi connectivity index (χ4v) is 0.826. The van der Waals surface area contributed by atoms with Gasteiger partial charge >= 0.3 is 0 Å². The summed E-state index contributed by atoms with van der Waals surface area (Å²) in [7, 11) is 0. The van der Waals surface area contributed by atoms with E-state index in [-0.39, 0.29) is 0 Å². The van der Waals surface area contributed by atoms with Crippen LogP contribution in [0.2, 0.25) is 0 Å². The quantitative estimate of drug-likeness (QED) is 0.619. The molecule has 0 aromatic heterocycles. The number of nitrogens with zero attached hydrogens (tertiary/aromatic N) is 1. The van der Waals surface area contributed by atoms with Gasteiger partial charge in [-0.2, -0.15) is 0 Å². The van der Waals surface area contributed by atoms with Crippen LogP contribution in [-0.4, -0.2) is 6.67 Å². The monoisotopic (exact) mass is 150 g/mol. The molecule has 60 valence electrons. The van der Waals surface area contributed by atoms with E-state index in [2.05, 4.69) is 22.6 Å². The van der Waals surface area contributed by atoms with Crippen LogP contribution in [0.15, 0.2) is 30.3 Å². The minimum atomic E-state index is 0.990. The van der Waals surface area contributed by atoms with E-state index in [9.17, 15) is 0 Å². The molecule has 0 unspecified atom stereocenters. The normalized spacial score (nSPS) is 13.5. The van der Waals surface area contributed by atoms with Gasteiger partial charge in [-0.25, -0.2) is 5.43 Å². The lowest BCUT2D eigenvalue weighted by Gasteiger charge is -1.96. The number of rotatable bonds is 1. The molecule has 0 atom stereocenters. The van der Waals surface area contributed by atoms with Crippen molar-refractivity contribution in [2.45, 2.75) is 13.8 Å². The molecule has 0 aliphatic carbocycles. The SMILES string of the molecule is CC.c1ccc(N2CN2)cc1. The number of benzene rings is 1. The van der Waals surface area contributed by atoms with E-state index >= 15 is 0 Å². The van der Waals surface area contributed by atoms with Gasteiger partial charge in [-0.05, 0) is 12.1 Å². The van der Waals surface area contributed by atoms with Gasteiger partial charge in [0.15, 0.2) is 0 Å². The van der Waals surface area contributed by atoms with Gasteiger partial charge in [-0.1, -0.05) is 32.0 Å². The lowest BCUT2D eigenvalue weighted by Crippen LogP contribution is -1.93. The first-order chi connectivity index (χ1) is 5.47. The Balaban J connectivity index is 0.000000281. The van der Waals surface area contributed by atoms with E-state index in [1.807, 2.05) is 32.0 Å². The number of nitrogens with one attached hydrogen (secondary N) is 1. The van der Waals surface area contributed by atoms with E-state index in [4.69, 9.17) is 0 Å². The Morgan fingerprint density at radius 2 is 1.73 bits per heavy atom. The van der Waals surface area contributed by atoms with Gasteiger partial charge in [0.1, 0.15) is 6.67 Å². The largest absolute Gasteiger partial charge is 0.291 e. The zero-order valence-electron chi connectivity index (χ0n) is 7.04. The highest BCUT2D eigenvalue weighted by molar-refractivity contribution is 5.47. The molecular formula is C9H14N2. The van der Waals surface area contributed by atoms with Crippen LogP contribution in [-0.2, 0) is 0 Å². The number of hydrazine groups is 1. The van der Waals surface area contributed by atoms with Gasteiger partial charge < -0.3 is 0 Å². The molecule has 0 saturated carbocycles. The van der Waals surface area contributed by atoms with Crippen molar-refractivity contribution < 1.29 is 0 Å². The first kappa shape index (κ1) is 8.08. The lowest BCUT2D eigenvalue weighted by molar-refractivity contribution is 1.24. The molecule has 1 heterocycles. The van der Waals surface area contributed by atoms with E-state index in [1.54, 1.807) is 0 Å². The highest BCUT2D eigenvalue weighted by Crippen LogP contribution is 2.14. The Morgan fingerprint density at radius 3 is 2.18 bits per heavy atom. The molecule has 0 bridgehead atoms. The zero-order chi connectivity index (χ0) is 8.10. The second-order valence-electron chi connectivity index (χ2n) is 2.08. The Bertz CT molecular complexity index is 192. The molecule has 1 aromatic carbocycles. The minimum Gasteiger partial charge on any atom is -0.291 e. The van der Waals surface area contributed by atoms with Crippen LogP contribution in [0.1, 0.15) is 13.8 Å². The highest BCUT2D eigenvalue weighted by atomic mass is 15.7. The van der Waals surface area contributed by atoms with E-state index < -0.39 is 0 Å². The van der Waals surface area contributed by atoms with Gasteiger partial charge in [0, 0.05) is 0 Å². The maximum atomic E-state index is 3.08. The maximum Gasteiger partial charge on any atom is 0.101 e. The summed E-state index contributed by atoms with van der Waals surface area (Å²) in [5, 5.41) is 2.08. The summed E-state index contributed by atoms with van der Waals surface area (Å²) in [5.74, 6) is 0. The Labute approximate surface area is 67.8 Å². The predicted molar refractivity (Wildman–Crippen MR) is 48.3 cm³/mol. The summed E-state index contributed by atoms with van der Waals surface area (Å²) in [6.07, 6.45) is 0. The van der Waals surface area contributed by atoms with Crippen molar-refractivity contribution in [2.75, 3.05) is 11.7 Å². The highest BCUT2D eigenvalue weighted by Gasteiger charge is 2.14. The molecule has 1 aliphatic rings. The summed E-state index contributed by atoms with van der Waals surface area (Å²) in [4.78, 5) is 0. The van der Waals surface area contributed by atoms with Crippen molar-refractivity contribution in [3.63, 3.8) is 0 Å². The molecule has 11 heavy (non-hydrogen) atoms. The molecule has 1 N–H and O–H groups in total. The number of anilines is 1. The second-order valence-corrected chi connectivity index (χ2v) is 2.08. The van der Waals surface area contributed by atoms with Crippen molar-refractivity contribution in [3.05, 3.63) is 30.3 Å². The molecule has 0 radical (unpaired) electrons. The fraction of sp³-hybridized carbons (Fsp3) is 0.333. The summed E-state index contributed by atoms with van der Waals surface area (Å²) in [5.41, 5.74) is 4.33. The molecular weight excluding hydrogens is 136 g/mol. The summed E-state index contributed by atoms with van der Waals surface area (Å²) in [6.45, 7) is 4.99. The first-order valence-electron chi connectivity index (χ1n) is 4.03. The van der Waals surface area contributed by atoms with Crippen molar-refractivity contribution >= 4 is 5.69 Å². The second kappa shape index (κ2) is 3.98. The van der Waals surface area contributed by atoms with Crippen LogP contribution < -0.4 is 10.4 Å². The van der Waals surface area contributed by atoms with Gasteiger partial charge in [-0.15, -0.1) is 0 Å². The van der Waals surface area contributed by atoms with Crippen LogP contribution in [0.5, 0.6) is 0 Å². The Kier molecular flexibility index (Phi) is 2.93. The van der Waals surface area contributed by atoms with E-state index in [1.165, 1.54) is 5.69 Å².